The van der Waals surface area contributed by atoms with Crippen molar-refractivity contribution in [1.82, 2.24) is 5.16 Å². The summed E-state index contributed by atoms with van der Waals surface area (Å²) in [5.41, 5.74) is 1.68. The minimum atomic E-state index is -1.99. The highest BCUT2D eigenvalue weighted by atomic mass is 32.2. The van der Waals surface area contributed by atoms with E-state index in [9.17, 15) is 8.76 Å². The summed E-state index contributed by atoms with van der Waals surface area (Å²) in [4.78, 5) is 0. The summed E-state index contributed by atoms with van der Waals surface area (Å²) in [6, 6.07) is 0. The predicted octanol–water partition coefficient (Wildman–Crippen LogP) is 0.713. The molecule has 0 N–H and O–H groups in total. The zero-order valence-corrected chi connectivity index (χ0v) is 7.81. The van der Waals surface area contributed by atoms with E-state index in [4.69, 9.17) is 4.52 Å². The molecule has 0 aromatic carbocycles. The minimum absolute atomic E-state index is 0.128. The van der Waals surface area contributed by atoms with Gasteiger partial charge >= 0.3 is 0 Å². The minimum Gasteiger partial charge on any atom is -0.772 e. The molecule has 0 amide bonds. The van der Waals surface area contributed by atoms with Crippen LogP contribution in [0.3, 0.4) is 0 Å². The molecule has 1 aromatic heterocycles. The summed E-state index contributed by atoms with van der Waals surface area (Å²) >= 11 is -1.99. The molecule has 0 saturated carbocycles. The molecule has 0 aliphatic heterocycles. The monoisotopic (exact) mass is 188 g/mol. The fourth-order valence-corrected chi connectivity index (χ4v) is 1.41. The lowest BCUT2D eigenvalue weighted by atomic mass is 10.1. The van der Waals surface area contributed by atoms with Crippen molar-refractivity contribution >= 4 is 11.1 Å². The molecule has 0 bridgehead atoms. The van der Waals surface area contributed by atoms with E-state index in [0.717, 1.165) is 11.3 Å². The van der Waals surface area contributed by atoms with Crippen LogP contribution in [0, 0.1) is 13.8 Å². The molecule has 68 valence electrons. The molecule has 1 rings (SSSR count). The second kappa shape index (κ2) is 3.82. The summed E-state index contributed by atoms with van der Waals surface area (Å²) in [6.07, 6.45) is 0.483. The number of nitrogens with zero attached hydrogens (tertiary/aromatic N) is 1. The Hall–Kier alpha value is -0.680. The number of aromatic nitrogens is 1. The molecule has 12 heavy (non-hydrogen) atoms. The van der Waals surface area contributed by atoms with Crippen LogP contribution in [0.4, 0.5) is 0 Å². The van der Waals surface area contributed by atoms with Crippen LogP contribution in [0.1, 0.15) is 17.0 Å². The van der Waals surface area contributed by atoms with Crippen LogP contribution in [0.25, 0.3) is 0 Å². The normalized spacial score (nSPS) is 13.2. The maximum atomic E-state index is 10.3. The van der Waals surface area contributed by atoms with Gasteiger partial charge in [-0.2, -0.15) is 0 Å². The maximum Gasteiger partial charge on any atom is 0.137 e. The predicted molar refractivity (Wildman–Crippen MR) is 43.5 cm³/mol. The molecule has 0 fully saturated rings. The van der Waals surface area contributed by atoms with Crippen molar-refractivity contribution in [3.05, 3.63) is 17.0 Å². The molecular formula is C7H10NO3S-. The first-order chi connectivity index (χ1) is 5.61. The lowest BCUT2D eigenvalue weighted by molar-refractivity contribution is 0.392. The van der Waals surface area contributed by atoms with Crippen LogP contribution in [-0.2, 0) is 17.5 Å². The number of rotatable bonds is 3. The average molecular weight is 188 g/mol. The number of aryl methyl sites for hydroxylation is 2. The summed E-state index contributed by atoms with van der Waals surface area (Å²) < 4.78 is 25.4. The molecule has 0 saturated heterocycles. The van der Waals surface area contributed by atoms with E-state index < -0.39 is 11.1 Å². The maximum absolute atomic E-state index is 10.3. The molecule has 1 aromatic rings. The highest BCUT2D eigenvalue weighted by Crippen LogP contribution is 2.12. The zero-order chi connectivity index (χ0) is 9.14. The molecule has 0 spiro atoms. The van der Waals surface area contributed by atoms with Crippen LogP contribution >= 0.6 is 0 Å². The van der Waals surface area contributed by atoms with Crippen molar-refractivity contribution in [2.75, 3.05) is 5.75 Å². The Kier molecular flexibility index (Phi) is 2.99. The van der Waals surface area contributed by atoms with Gasteiger partial charge in [0.25, 0.3) is 0 Å². The Labute approximate surface area is 73.2 Å². The van der Waals surface area contributed by atoms with E-state index in [1.54, 1.807) is 13.8 Å². The van der Waals surface area contributed by atoms with Crippen molar-refractivity contribution in [1.29, 1.82) is 0 Å². The molecular weight excluding hydrogens is 178 g/mol. The zero-order valence-electron chi connectivity index (χ0n) is 6.99. The Bertz CT molecular complexity index is 275. The van der Waals surface area contributed by atoms with Crippen LogP contribution in [0.15, 0.2) is 4.52 Å². The van der Waals surface area contributed by atoms with E-state index in [2.05, 4.69) is 5.16 Å². The van der Waals surface area contributed by atoms with Gasteiger partial charge in [0.05, 0.1) is 5.69 Å². The highest BCUT2D eigenvalue weighted by Gasteiger charge is 2.07. The quantitative estimate of drug-likeness (QED) is 0.655. The van der Waals surface area contributed by atoms with Crippen LogP contribution < -0.4 is 0 Å². The second-order valence-corrected chi connectivity index (χ2v) is 3.58. The topological polar surface area (TPSA) is 66.2 Å². The van der Waals surface area contributed by atoms with E-state index >= 15 is 0 Å². The Morgan fingerprint density at radius 2 is 2.25 bits per heavy atom. The van der Waals surface area contributed by atoms with Crippen molar-refractivity contribution in [2.45, 2.75) is 20.3 Å². The first-order valence-corrected chi connectivity index (χ1v) is 4.83. The Balaban J connectivity index is 2.68. The summed E-state index contributed by atoms with van der Waals surface area (Å²) in [7, 11) is 0. The first-order valence-electron chi connectivity index (χ1n) is 3.59. The van der Waals surface area contributed by atoms with E-state index in [0.29, 0.717) is 12.2 Å². The molecule has 5 heteroatoms. The van der Waals surface area contributed by atoms with Crippen molar-refractivity contribution in [3.63, 3.8) is 0 Å². The SMILES string of the molecule is Cc1noc(C)c1CCS(=O)[O-]. The Morgan fingerprint density at radius 1 is 1.58 bits per heavy atom. The lowest BCUT2D eigenvalue weighted by Crippen LogP contribution is -2.00. The van der Waals surface area contributed by atoms with E-state index in [1.165, 1.54) is 0 Å². The summed E-state index contributed by atoms with van der Waals surface area (Å²) in [5, 5.41) is 3.72. The molecule has 0 aliphatic carbocycles. The van der Waals surface area contributed by atoms with Gasteiger partial charge in [0.15, 0.2) is 0 Å². The second-order valence-electron chi connectivity index (χ2n) is 2.56. The standard InChI is InChI=1S/C7H11NO3S/c1-5-7(3-4-12(9)10)6(2)11-8-5/h3-4H2,1-2H3,(H,9,10)/p-1. The summed E-state index contributed by atoms with van der Waals surface area (Å²) in [5.74, 6) is 0.834. The van der Waals surface area contributed by atoms with Gasteiger partial charge in [0, 0.05) is 11.3 Å². The highest BCUT2D eigenvalue weighted by molar-refractivity contribution is 7.79. The Morgan fingerprint density at radius 3 is 2.67 bits per heavy atom. The molecule has 4 nitrogen and oxygen atoms in total. The van der Waals surface area contributed by atoms with Gasteiger partial charge in [-0.1, -0.05) is 16.2 Å². The third-order valence-corrected chi connectivity index (χ3v) is 2.24. The van der Waals surface area contributed by atoms with Gasteiger partial charge in [0.1, 0.15) is 5.76 Å². The largest absolute Gasteiger partial charge is 0.772 e. The molecule has 1 unspecified atom stereocenters. The molecule has 0 aliphatic rings. The number of hydrogen-bond donors (Lipinski definition) is 0. The van der Waals surface area contributed by atoms with Gasteiger partial charge in [-0.05, 0) is 20.3 Å². The number of hydrogen-bond acceptors (Lipinski definition) is 4. The molecule has 1 heterocycles. The van der Waals surface area contributed by atoms with Crippen LogP contribution in [-0.4, -0.2) is 19.7 Å². The van der Waals surface area contributed by atoms with Gasteiger partial charge < -0.3 is 9.08 Å². The van der Waals surface area contributed by atoms with E-state index in [1.807, 2.05) is 0 Å². The van der Waals surface area contributed by atoms with Crippen molar-refractivity contribution in [2.24, 2.45) is 0 Å². The molecule has 1 atom stereocenters. The van der Waals surface area contributed by atoms with Gasteiger partial charge in [0.2, 0.25) is 0 Å². The third-order valence-electron chi connectivity index (χ3n) is 1.70. The lowest BCUT2D eigenvalue weighted by Gasteiger charge is -2.03. The van der Waals surface area contributed by atoms with Crippen molar-refractivity contribution in [3.8, 4) is 0 Å². The van der Waals surface area contributed by atoms with Gasteiger partial charge in [-0.3, -0.25) is 4.21 Å². The van der Waals surface area contributed by atoms with Crippen molar-refractivity contribution < 1.29 is 13.3 Å². The fourth-order valence-electron chi connectivity index (χ4n) is 1.04. The third kappa shape index (κ3) is 2.15. The van der Waals surface area contributed by atoms with E-state index in [-0.39, 0.29) is 5.75 Å². The van der Waals surface area contributed by atoms with Crippen LogP contribution in [0.5, 0.6) is 0 Å². The molecule has 0 radical (unpaired) electrons. The van der Waals surface area contributed by atoms with Gasteiger partial charge in [-0.15, -0.1) is 0 Å². The summed E-state index contributed by atoms with van der Waals surface area (Å²) in [6.45, 7) is 3.59. The smallest absolute Gasteiger partial charge is 0.137 e. The first kappa shape index (κ1) is 9.41. The van der Waals surface area contributed by atoms with Crippen LogP contribution in [0.2, 0.25) is 0 Å². The average Bonchev–Trinajstić information content (AvgIpc) is 2.28. The van der Waals surface area contributed by atoms with Gasteiger partial charge in [-0.25, -0.2) is 0 Å². The fraction of sp³-hybridized carbons (Fsp3) is 0.571.